The van der Waals surface area contributed by atoms with Crippen molar-refractivity contribution >= 4 is 17.7 Å². The molecule has 0 bridgehead atoms. The van der Waals surface area contributed by atoms with Gasteiger partial charge in [-0.05, 0) is 43.9 Å². The molecule has 0 aromatic carbocycles. The molecule has 1 aromatic rings. The molecule has 0 aliphatic rings. The molecule has 0 aliphatic carbocycles. The van der Waals surface area contributed by atoms with Crippen LogP contribution in [0.25, 0.3) is 10.9 Å². The number of allylic oxidation sites excluding steroid dienone is 1. The van der Waals surface area contributed by atoms with Gasteiger partial charge < -0.3 is 10.1 Å². The lowest BCUT2D eigenvalue weighted by atomic mass is 10.0. The smallest absolute Gasteiger partial charge is 0.164 e. The summed E-state index contributed by atoms with van der Waals surface area (Å²) in [6.07, 6.45) is 3.38. The first-order valence-electron chi connectivity index (χ1n) is 5.57. The number of rotatable bonds is 5. The lowest BCUT2D eigenvalue weighted by Crippen LogP contribution is -1.93. The molecule has 0 saturated carbocycles. The number of aliphatic hydroxyl groups is 1. The van der Waals surface area contributed by atoms with Gasteiger partial charge in [0, 0.05) is 18.0 Å². The first kappa shape index (κ1) is 13.8. The molecular formula is C13H17ClN2O. The number of nitrogens with one attached hydrogen (secondary N) is 1. The predicted molar refractivity (Wildman–Crippen MR) is 70.7 cm³/mol. The standard InChI is InChI=1S/C13H17ClN2O/c1-9(15-3)7-12-10(2)11(5-4-6-17)13(8-14)16-12/h7,16-17H,4-6,8H2,1-2H3/b9-7-. The van der Waals surface area contributed by atoms with Crippen molar-refractivity contribution in [1.29, 1.82) is 0 Å². The molecule has 0 atom stereocenters. The van der Waals surface area contributed by atoms with Gasteiger partial charge in [-0.2, -0.15) is 0 Å². The lowest BCUT2D eigenvalue weighted by molar-refractivity contribution is 0.288. The largest absolute Gasteiger partial charge is 0.396 e. The van der Waals surface area contributed by atoms with Crippen molar-refractivity contribution in [3.05, 3.63) is 39.6 Å². The number of halogens is 1. The van der Waals surface area contributed by atoms with Crippen LogP contribution in [0.3, 0.4) is 0 Å². The summed E-state index contributed by atoms with van der Waals surface area (Å²) in [5.74, 6) is 0.423. The molecule has 0 amide bonds. The van der Waals surface area contributed by atoms with Gasteiger partial charge in [-0.25, -0.2) is 4.85 Å². The zero-order valence-electron chi connectivity index (χ0n) is 10.2. The van der Waals surface area contributed by atoms with Gasteiger partial charge in [0.05, 0.1) is 12.5 Å². The number of hydrogen-bond acceptors (Lipinski definition) is 1. The SMILES string of the molecule is [C-]#[N+]/C(C)=C\c1[nH]c(CCl)c(CCCO)c1C. The average molecular weight is 253 g/mol. The second kappa shape index (κ2) is 6.48. The van der Waals surface area contributed by atoms with E-state index in [0.29, 0.717) is 11.6 Å². The number of nitrogens with zero attached hydrogens (tertiary/aromatic N) is 1. The van der Waals surface area contributed by atoms with E-state index in [2.05, 4.69) is 9.83 Å². The molecule has 2 N–H and O–H groups in total. The van der Waals surface area contributed by atoms with E-state index in [9.17, 15) is 0 Å². The number of H-pyrrole nitrogens is 1. The second-order valence-corrected chi connectivity index (χ2v) is 4.25. The van der Waals surface area contributed by atoms with Crippen LogP contribution in [0.2, 0.25) is 0 Å². The van der Waals surface area contributed by atoms with E-state index in [1.54, 1.807) is 6.92 Å². The summed E-state index contributed by atoms with van der Waals surface area (Å²) in [5.41, 5.74) is 4.86. The van der Waals surface area contributed by atoms with E-state index >= 15 is 0 Å². The van der Waals surface area contributed by atoms with Crippen LogP contribution in [0.5, 0.6) is 0 Å². The highest BCUT2D eigenvalue weighted by molar-refractivity contribution is 6.17. The third-order valence-corrected chi connectivity index (χ3v) is 3.02. The molecule has 0 spiro atoms. The topological polar surface area (TPSA) is 40.4 Å². The molecule has 1 heterocycles. The van der Waals surface area contributed by atoms with E-state index in [1.807, 2.05) is 13.0 Å². The second-order valence-electron chi connectivity index (χ2n) is 3.98. The molecule has 1 aromatic heterocycles. The Labute approximate surface area is 107 Å². The highest BCUT2D eigenvalue weighted by atomic mass is 35.5. The van der Waals surface area contributed by atoms with Crippen LogP contribution < -0.4 is 0 Å². The van der Waals surface area contributed by atoms with Crippen molar-refractivity contribution in [3.63, 3.8) is 0 Å². The Morgan fingerprint density at radius 1 is 1.59 bits per heavy atom. The van der Waals surface area contributed by atoms with Gasteiger partial charge in [0.25, 0.3) is 0 Å². The Morgan fingerprint density at radius 2 is 2.29 bits per heavy atom. The molecule has 0 saturated heterocycles. The minimum absolute atomic E-state index is 0.179. The minimum Gasteiger partial charge on any atom is -0.396 e. The van der Waals surface area contributed by atoms with Gasteiger partial charge in [0.1, 0.15) is 0 Å². The lowest BCUT2D eigenvalue weighted by Gasteiger charge is -2.01. The highest BCUT2D eigenvalue weighted by Crippen LogP contribution is 2.23. The highest BCUT2D eigenvalue weighted by Gasteiger charge is 2.11. The Morgan fingerprint density at radius 3 is 2.82 bits per heavy atom. The Kier molecular flexibility index (Phi) is 5.27. The zero-order valence-corrected chi connectivity index (χ0v) is 10.9. The summed E-state index contributed by atoms with van der Waals surface area (Å²) in [5, 5.41) is 8.88. The predicted octanol–water partition coefficient (Wildman–Crippen LogP) is 3.27. The Hall–Kier alpha value is -1.24. The number of aromatic nitrogens is 1. The van der Waals surface area contributed by atoms with Crippen LogP contribution in [-0.4, -0.2) is 16.7 Å². The summed E-state index contributed by atoms with van der Waals surface area (Å²) in [6.45, 7) is 10.9. The molecule has 0 radical (unpaired) electrons. The van der Waals surface area contributed by atoms with Gasteiger partial charge in [-0.15, -0.1) is 11.6 Å². The maximum Gasteiger partial charge on any atom is 0.164 e. The van der Waals surface area contributed by atoms with Crippen LogP contribution in [0.15, 0.2) is 5.70 Å². The summed E-state index contributed by atoms with van der Waals surface area (Å²) in [6, 6.07) is 0. The molecule has 0 unspecified atom stereocenters. The fourth-order valence-electron chi connectivity index (χ4n) is 1.81. The van der Waals surface area contributed by atoms with E-state index in [0.717, 1.165) is 35.4 Å². The normalized spacial score (nSPS) is 11.6. The molecule has 92 valence electrons. The number of alkyl halides is 1. The number of aliphatic hydroxyl groups excluding tert-OH is 1. The molecule has 0 aliphatic heterocycles. The van der Waals surface area contributed by atoms with Crippen LogP contribution >= 0.6 is 11.6 Å². The molecule has 3 nitrogen and oxygen atoms in total. The summed E-state index contributed by atoms with van der Waals surface area (Å²) < 4.78 is 0. The van der Waals surface area contributed by atoms with Gasteiger partial charge in [0.2, 0.25) is 0 Å². The number of hydrogen-bond donors (Lipinski definition) is 2. The fraction of sp³-hybridized carbons (Fsp3) is 0.462. The Balaban J connectivity index is 3.10. The number of aromatic amines is 1. The van der Waals surface area contributed by atoms with Crippen molar-refractivity contribution in [2.45, 2.75) is 32.6 Å². The summed E-state index contributed by atoms with van der Waals surface area (Å²) in [7, 11) is 0. The summed E-state index contributed by atoms with van der Waals surface area (Å²) >= 11 is 5.89. The van der Waals surface area contributed by atoms with Gasteiger partial charge >= 0.3 is 0 Å². The van der Waals surface area contributed by atoms with Crippen molar-refractivity contribution in [3.8, 4) is 0 Å². The summed E-state index contributed by atoms with van der Waals surface area (Å²) in [4.78, 5) is 6.61. The molecule has 1 rings (SSSR count). The quantitative estimate of drug-likeness (QED) is 0.613. The van der Waals surface area contributed by atoms with Crippen molar-refractivity contribution < 1.29 is 5.11 Å². The van der Waals surface area contributed by atoms with E-state index < -0.39 is 0 Å². The average Bonchev–Trinajstić information content (AvgIpc) is 2.63. The monoisotopic (exact) mass is 252 g/mol. The van der Waals surface area contributed by atoms with Crippen LogP contribution in [-0.2, 0) is 12.3 Å². The first-order valence-corrected chi connectivity index (χ1v) is 6.10. The van der Waals surface area contributed by atoms with Crippen molar-refractivity contribution in [2.75, 3.05) is 6.61 Å². The van der Waals surface area contributed by atoms with E-state index in [1.165, 1.54) is 0 Å². The minimum atomic E-state index is 0.179. The molecular weight excluding hydrogens is 236 g/mol. The Bertz CT molecular complexity index is 455. The van der Waals surface area contributed by atoms with E-state index in [-0.39, 0.29) is 6.61 Å². The van der Waals surface area contributed by atoms with Crippen LogP contribution in [0.1, 0.15) is 35.9 Å². The first-order chi connectivity index (χ1) is 8.13. The third-order valence-electron chi connectivity index (χ3n) is 2.75. The zero-order chi connectivity index (χ0) is 12.8. The van der Waals surface area contributed by atoms with Gasteiger partial charge in [0.15, 0.2) is 5.70 Å². The van der Waals surface area contributed by atoms with Crippen molar-refractivity contribution in [1.82, 2.24) is 4.98 Å². The fourth-order valence-corrected chi connectivity index (χ4v) is 2.04. The maximum absolute atomic E-state index is 8.88. The maximum atomic E-state index is 8.88. The third kappa shape index (κ3) is 3.36. The van der Waals surface area contributed by atoms with Gasteiger partial charge in [-0.1, -0.05) is 0 Å². The molecule has 4 heteroatoms. The van der Waals surface area contributed by atoms with Crippen LogP contribution in [0, 0.1) is 13.5 Å². The van der Waals surface area contributed by atoms with Gasteiger partial charge in [-0.3, -0.25) is 0 Å². The molecule has 17 heavy (non-hydrogen) atoms. The van der Waals surface area contributed by atoms with E-state index in [4.69, 9.17) is 23.3 Å². The van der Waals surface area contributed by atoms with Crippen molar-refractivity contribution in [2.24, 2.45) is 0 Å². The molecule has 0 fully saturated rings. The van der Waals surface area contributed by atoms with Crippen LogP contribution in [0.4, 0.5) is 0 Å².